The Balaban J connectivity index is 3.39. The molecule has 7 nitrogen and oxygen atoms in total. The number of halogens is 1. The van der Waals surface area contributed by atoms with E-state index in [-0.39, 0.29) is 4.74 Å². The second-order valence-corrected chi connectivity index (χ2v) is 5.07. The SMILES string of the molecule is COC(=O)C1NC(Br)=NC1(C(=O)OC)C(C)(C)O. The molecule has 0 aliphatic carbocycles. The fourth-order valence-corrected chi connectivity index (χ4v) is 2.39. The molecule has 2 N–H and O–H groups in total. The summed E-state index contributed by atoms with van der Waals surface area (Å²) in [7, 11) is 2.34. The van der Waals surface area contributed by atoms with E-state index in [1.807, 2.05) is 0 Å². The number of carbonyl (C=O) groups is 2. The van der Waals surface area contributed by atoms with Crippen molar-refractivity contribution in [3.8, 4) is 0 Å². The lowest BCUT2D eigenvalue weighted by atomic mass is 9.77. The maximum absolute atomic E-state index is 12.0. The number of nitrogens with zero attached hydrogens (tertiary/aromatic N) is 1. The van der Waals surface area contributed by atoms with Crippen molar-refractivity contribution in [3.63, 3.8) is 0 Å². The van der Waals surface area contributed by atoms with Crippen molar-refractivity contribution >= 4 is 32.6 Å². The molecule has 0 aromatic heterocycles. The highest BCUT2D eigenvalue weighted by Gasteiger charge is 2.63. The Hall–Kier alpha value is -1.15. The first-order valence-electron chi connectivity index (χ1n) is 5.11. The van der Waals surface area contributed by atoms with Gasteiger partial charge in [-0.15, -0.1) is 0 Å². The van der Waals surface area contributed by atoms with Gasteiger partial charge in [0.25, 0.3) is 0 Å². The van der Waals surface area contributed by atoms with Crippen LogP contribution in [-0.2, 0) is 19.1 Å². The molecule has 0 amide bonds. The average molecular weight is 323 g/mol. The van der Waals surface area contributed by atoms with E-state index in [4.69, 9.17) is 0 Å². The third kappa shape index (κ3) is 2.10. The third-order valence-corrected chi connectivity index (χ3v) is 3.23. The number of nitrogens with one attached hydrogen (secondary N) is 1. The quantitative estimate of drug-likeness (QED) is 0.540. The van der Waals surface area contributed by atoms with Crippen molar-refractivity contribution in [1.82, 2.24) is 5.32 Å². The molecule has 1 heterocycles. The molecule has 0 aromatic carbocycles. The Bertz CT molecular complexity index is 404. The van der Waals surface area contributed by atoms with Crippen LogP contribution >= 0.6 is 15.9 Å². The van der Waals surface area contributed by atoms with Gasteiger partial charge in [-0.3, -0.25) is 0 Å². The second-order valence-electron chi connectivity index (χ2n) is 4.32. The largest absolute Gasteiger partial charge is 0.467 e. The van der Waals surface area contributed by atoms with Crippen molar-refractivity contribution in [3.05, 3.63) is 0 Å². The van der Waals surface area contributed by atoms with Gasteiger partial charge in [0, 0.05) is 0 Å². The average Bonchev–Trinajstić information content (AvgIpc) is 2.65. The van der Waals surface area contributed by atoms with E-state index in [1.165, 1.54) is 21.0 Å². The minimum absolute atomic E-state index is 0.172. The van der Waals surface area contributed by atoms with Crippen LogP contribution in [0.15, 0.2) is 4.99 Å². The van der Waals surface area contributed by atoms with E-state index in [0.29, 0.717) is 0 Å². The Morgan fingerprint density at radius 3 is 2.39 bits per heavy atom. The molecule has 0 saturated carbocycles. The zero-order valence-electron chi connectivity index (χ0n) is 10.5. The molecule has 0 fully saturated rings. The van der Waals surface area contributed by atoms with E-state index in [0.717, 1.165) is 7.11 Å². The van der Waals surface area contributed by atoms with Crippen LogP contribution in [0.5, 0.6) is 0 Å². The van der Waals surface area contributed by atoms with Crippen molar-refractivity contribution in [2.45, 2.75) is 31.0 Å². The Kier molecular flexibility index (Phi) is 4.02. The molecule has 2 atom stereocenters. The molecule has 0 spiro atoms. The summed E-state index contributed by atoms with van der Waals surface area (Å²) in [4.78, 5) is 27.8. The molecule has 1 aliphatic rings. The summed E-state index contributed by atoms with van der Waals surface area (Å²) in [6.45, 7) is 2.74. The monoisotopic (exact) mass is 322 g/mol. The minimum Gasteiger partial charge on any atom is -0.467 e. The first kappa shape index (κ1) is 14.9. The Morgan fingerprint density at radius 2 is 2.00 bits per heavy atom. The van der Waals surface area contributed by atoms with E-state index in [2.05, 4.69) is 35.7 Å². The summed E-state index contributed by atoms with van der Waals surface area (Å²) in [6.07, 6.45) is 0. The van der Waals surface area contributed by atoms with Crippen molar-refractivity contribution in [1.29, 1.82) is 0 Å². The van der Waals surface area contributed by atoms with Gasteiger partial charge in [0.1, 0.15) is 0 Å². The smallest absolute Gasteiger partial charge is 0.339 e. The lowest BCUT2D eigenvalue weighted by Gasteiger charge is -2.37. The Morgan fingerprint density at radius 1 is 1.44 bits per heavy atom. The van der Waals surface area contributed by atoms with Crippen molar-refractivity contribution in [2.24, 2.45) is 4.99 Å². The first-order valence-corrected chi connectivity index (χ1v) is 5.90. The van der Waals surface area contributed by atoms with Crippen molar-refractivity contribution < 1.29 is 24.2 Å². The molecule has 1 aliphatic heterocycles. The molecule has 1 rings (SSSR count). The third-order valence-electron chi connectivity index (χ3n) is 2.82. The highest BCUT2D eigenvalue weighted by molar-refractivity contribution is 9.18. The van der Waals surface area contributed by atoms with Crippen LogP contribution in [0.25, 0.3) is 0 Å². The zero-order valence-corrected chi connectivity index (χ0v) is 12.1. The van der Waals surface area contributed by atoms with Crippen molar-refractivity contribution in [2.75, 3.05) is 14.2 Å². The number of rotatable bonds is 3. The second kappa shape index (κ2) is 4.85. The van der Waals surface area contributed by atoms with Gasteiger partial charge in [-0.1, -0.05) is 0 Å². The van der Waals surface area contributed by atoms with Crippen LogP contribution < -0.4 is 5.32 Å². The molecule has 0 aromatic rings. The van der Waals surface area contributed by atoms with E-state index in [9.17, 15) is 14.7 Å². The number of aliphatic imine (C=N–C) groups is 1. The minimum atomic E-state index is -1.80. The van der Waals surface area contributed by atoms with Crippen LogP contribution in [0, 0.1) is 0 Å². The maximum Gasteiger partial charge on any atom is 0.339 e. The number of hydrogen-bond donors (Lipinski definition) is 2. The van der Waals surface area contributed by atoms with Crippen LogP contribution in [0.3, 0.4) is 0 Å². The fraction of sp³-hybridized carbons (Fsp3) is 0.700. The maximum atomic E-state index is 12.0. The van der Waals surface area contributed by atoms with Gasteiger partial charge in [0.15, 0.2) is 10.8 Å². The van der Waals surface area contributed by atoms with E-state index in [1.54, 1.807) is 0 Å². The highest BCUT2D eigenvalue weighted by atomic mass is 79.9. The normalized spacial score (nSPS) is 27.2. The van der Waals surface area contributed by atoms with E-state index < -0.39 is 29.1 Å². The summed E-state index contributed by atoms with van der Waals surface area (Å²) in [6, 6.07) is -1.16. The summed E-state index contributed by atoms with van der Waals surface area (Å²) in [5.74, 6) is -1.55. The molecular formula is C10H15BrN2O5. The molecule has 0 radical (unpaired) electrons. The van der Waals surface area contributed by atoms with Gasteiger partial charge in [-0.25, -0.2) is 14.6 Å². The summed E-state index contributed by atoms with van der Waals surface area (Å²) >= 11 is 3.05. The highest BCUT2D eigenvalue weighted by Crippen LogP contribution is 2.36. The number of hydrogen-bond acceptors (Lipinski definition) is 7. The lowest BCUT2D eigenvalue weighted by Crippen LogP contribution is -2.65. The van der Waals surface area contributed by atoms with Gasteiger partial charge in [-0.2, -0.15) is 0 Å². The number of esters is 2. The molecule has 0 bridgehead atoms. The van der Waals surface area contributed by atoms with Crippen LogP contribution in [0.1, 0.15) is 13.8 Å². The molecular weight excluding hydrogens is 308 g/mol. The number of methoxy groups -OCH3 is 2. The number of amidine groups is 1. The van der Waals surface area contributed by atoms with Crippen LogP contribution in [0.2, 0.25) is 0 Å². The number of aliphatic hydroxyl groups is 1. The standard InChI is InChI=1S/C10H15BrN2O5/c1-9(2,16)10(7(15)18-4)5(6(14)17-3)12-8(11)13-10/h5,16H,1-4H3,(H,12,13). The fourth-order valence-electron chi connectivity index (χ4n) is 1.88. The van der Waals surface area contributed by atoms with Crippen LogP contribution in [0.4, 0.5) is 0 Å². The molecule has 18 heavy (non-hydrogen) atoms. The Labute approximate surface area is 113 Å². The summed E-state index contributed by atoms with van der Waals surface area (Å²) in [5, 5.41) is 12.9. The van der Waals surface area contributed by atoms with Gasteiger partial charge in [0.2, 0.25) is 5.54 Å². The van der Waals surface area contributed by atoms with Gasteiger partial charge >= 0.3 is 11.9 Å². The molecule has 8 heteroatoms. The molecule has 102 valence electrons. The molecule has 2 unspecified atom stereocenters. The zero-order chi connectivity index (χ0) is 14.1. The summed E-state index contributed by atoms with van der Waals surface area (Å²) < 4.78 is 9.45. The van der Waals surface area contributed by atoms with Gasteiger partial charge < -0.3 is 19.9 Å². The van der Waals surface area contributed by atoms with Gasteiger partial charge in [-0.05, 0) is 29.8 Å². The summed E-state index contributed by atoms with van der Waals surface area (Å²) in [5.41, 5.74) is -3.42. The lowest BCUT2D eigenvalue weighted by molar-refractivity contribution is -0.165. The predicted octanol–water partition coefficient (Wildman–Crippen LogP) is -0.435. The van der Waals surface area contributed by atoms with Gasteiger partial charge in [0.05, 0.1) is 19.8 Å². The van der Waals surface area contributed by atoms with Crippen LogP contribution in [-0.4, -0.2) is 53.2 Å². The topological polar surface area (TPSA) is 97.2 Å². The number of ether oxygens (including phenoxy) is 2. The first-order chi connectivity index (χ1) is 8.20. The number of carbonyl (C=O) groups excluding carboxylic acids is 2. The molecule has 0 saturated heterocycles. The predicted molar refractivity (Wildman–Crippen MR) is 66.3 cm³/mol. The van der Waals surface area contributed by atoms with E-state index >= 15 is 0 Å².